The second kappa shape index (κ2) is 5.08. The number of nitrogens with one attached hydrogen (secondary N) is 2. The van der Waals surface area contributed by atoms with Crippen molar-refractivity contribution < 1.29 is 4.79 Å². The molecule has 1 aromatic carbocycles. The Balaban J connectivity index is 1.67. The van der Waals surface area contributed by atoms with E-state index in [2.05, 4.69) is 10.6 Å². The maximum absolute atomic E-state index is 12.3. The first-order valence-electron chi connectivity index (χ1n) is 6.86. The number of nitrogens with zero attached hydrogens (tertiary/aromatic N) is 1. The molecule has 1 aliphatic carbocycles. The summed E-state index contributed by atoms with van der Waals surface area (Å²) in [6.45, 7) is 2.00. The highest BCUT2D eigenvalue weighted by molar-refractivity contribution is 6.33. The Morgan fingerprint density at radius 1 is 1.45 bits per heavy atom. The minimum atomic E-state index is 0.0542. The Labute approximate surface area is 123 Å². The topological polar surface area (TPSA) is 64.9 Å². The van der Waals surface area contributed by atoms with Crippen LogP contribution in [-0.4, -0.2) is 19.0 Å². The molecule has 104 valence electrons. The molecule has 1 saturated heterocycles. The summed E-state index contributed by atoms with van der Waals surface area (Å²) in [7, 11) is 0. The summed E-state index contributed by atoms with van der Waals surface area (Å²) in [5.41, 5.74) is 1.30. The van der Waals surface area contributed by atoms with Crippen molar-refractivity contribution in [3.05, 3.63) is 28.8 Å². The van der Waals surface area contributed by atoms with Gasteiger partial charge in [-0.25, -0.2) is 0 Å². The fourth-order valence-electron chi connectivity index (χ4n) is 3.10. The van der Waals surface area contributed by atoms with Crippen LogP contribution in [0.3, 0.4) is 0 Å². The van der Waals surface area contributed by atoms with E-state index in [1.165, 1.54) is 0 Å². The summed E-state index contributed by atoms with van der Waals surface area (Å²) in [5.74, 6) is 0.162. The molecule has 1 saturated carbocycles. The minimum Gasteiger partial charge on any atom is -0.325 e. The number of carbonyl (C=O) groups excluding carboxylic acids is 1. The molecule has 1 atom stereocenters. The largest absolute Gasteiger partial charge is 0.325 e. The van der Waals surface area contributed by atoms with Gasteiger partial charge in [0.05, 0.1) is 22.3 Å². The first kappa shape index (κ1) is 13.4. The summed E-state index contributed by atoms with van der Waals surface area (Å²) in [5, 5.41) is 15.4. The van der Waals surface area contributed by atoms with Crippen LogP contribution in [0.5, 0.6) is 0 Å². The molecule has 2 N–H and O–H groups in total. The van der Waals surface area contributed by atoms with E-state index in [0.717, 1.165) is 32.4 Å². The number of rotatable bonds is 2. The monoisotopic (exact) mass is 289 g/mol. The number of hydrogen-bond acceptors (Lipinski definition) is 3. The number of benzene rings is 1. The van der Waals surface area contributed by atoms with E-state index in [4.69, 9.17) is 16.9 Å². The van der Waals surface area contributed by atoms with Gasteiger partial charge in [0.2, 0.25) is 5.91 Å². The highest BCUT2D eigenvalue weighted by Crippen LogP contribution is 2.58. The third-order valence-corrected chi connectivity index (χ3v) is 4.77. The number of amides is 1. The van der Waals surface area contributed by atoms with E-state index in [0.29, 0.717) is 16.3 Å². The van der Waals surface area contributed by atoms with Crippen LogP contribution in [-0.2, 0) is 4.79 Å². The Hall–Kier alpha value is -1.57. The van der Waals surface area contributed by atoms with Gasteiger partial charge < -0.3 is 10.6 Å². The molecule has 2 aliphatic rings. The van der Waals surface area contributed by atoms with Gasteiger partial charge in [0, 0.05) is 5.92 Å². The first-order valence-corrected chi connectivity index (χ1v) is 7.24. The van der Waals surface area contributed by atoms with Gasteiger partial charge in [0.25, 0.3) is 0 Å². The van der Waals surface area contributed by atoms with Crippen molar-refractivity contribution in [2.24, 2.45) is 11.3 Å². The molecule has 0 radical (unpaired) electrons. The molecular formula is C15H16ClN3O. The van der Waals surface area contributed by atoms with Crippen LogP contribution in [0.25, 0.3) is 0 Å². The molecule has 1 unspecified atom stereocenters. The second-order valence-electron chi connectivity index (χ2n) is 5.66. The molecule has 0 bridgehead atoms. The van der Waals surface area contributed by atoms with Gasteiger partial charge in [-0.15, -0.1) is 0 Å². The molecule has 1 aliphatic heterocycles. The van der Waals surface area contributed by atoms with Crippen LogP contribution in [0.4, 0.5) is 5.69 Å². The molecule has 1 amide bonds. The van der Waals surface area contributed by atoms with Crippen LogP contribution >= 0.6 is 11.6 Å². The predicted molar refractivity (Wildman–Crippen MR) is 77.4 cm³/mol. The highest BCUT2D eigenvalue weighted by Gasteiger charge is 2.57. The maximum atomic E-state index is 12.3. The van der Waals surface area contributed by atoms with Crippen molar-refractivity contribution in [2.75, 3.05) is 18.4 Å². The summed E-state index contributed by atoms with van der Waals surface area (Å²) < 4.78 is 0. The van der Waals surface area contributed by atoms with E-state index in [1.54, 1.807) is 18.2 Å². The lowest BCUT2D eigenvalue weighted by molar-refractivity contribution is -0.118. The zero-order valence-electron chi connectivity index (χ0n) is 11.1. The Bertz CT molecular complexity index is 587. The average molecular weight is 290 g/mol. The molecule has 3 rings (SSSR count). The number of piperidine rings is 1. The van der Waals surface area contributed by atoms with Crippen LogP contribution in [0.15, 0.2) is 18.2 Å². The molecule has 0 aromatic heterocycles. The minimum absolute atomic E-state index is 0.0542. The van der Waals surface area contributed by atoms with Crippen molar-refractivity contribution in [3.8, 4) is 6.07 Å². The molecule has 2 fully saturated rings. The Kier molecular flexibility index (Phi) is 3.41. The number of anilines is 1. The molecule has 1 aromatic rings. The van der Waals surface area contributed by atoms with Crippen LogP contribution in [0, 0.1) is 22.7 Å². The standard InChI is InChI=1S/C15H16ClN3O/c16-12-7-10(9-17)1-2-13(12)19-14(20)11-8-15(11)3-5-18-6-4-15/h1-2,7,11,18H,3-6,8H2,(H,19,20). The third kappa shape index (κ3) is 2.39. The van der Waals surface area contributed by atoms with Crippen LogP contribution in [0.1, 0.15) is 24.8 Å². The third-order valence-electron chi connectivity index (χ3n) is 4.46. The lowest BCUT2D eigenvalue weighted by Gasteiger charge is -2.23. The van der Waals surface area contributed by atoms with Crippen LogP contribution < -0.4 is 10.6 Å². The lowest BCUT2D eigenvalue weighted by Crippen LogP contribution is -2.31. The van der Waals surface area contributed by atoms with Crippen molar-refractivity contribution in [2.45, 2.75) is 19.3 Å². The van der Waals surface area contributed by atoms with Crippen molar-refractivity contribution >= 4 is 23.2 Å². The van der Waals surface area contributed by atoms with E-state index < -0.39 is 0 Å². The summed E-state index contributed by atoms with van der Waals surface area (Å²) in [4.78, 5) is 12.3. The zero-order valence-corrected chi connectivity index (χ0v) is 11.8. The van der Waals surface area contributed by atoms with Crippen molar-refractivity contribution in [3.63, 3.8) is 0 Å². The highest BCUT2D eigenvalue weighted by atomic mass is 35.5. The summed E-state index contributed by atoms with van der Waals surface area (Å²) in [6, 6.07) is 6.95. The van der Waals surface area contributed by atoms with Gasteiger partial charge >= 0.3 is 0 Å². The molecule has 20 heavy (non-hydrogen) atoms. The predicted octanol–water partition coefficient (Wildman–Crippen LogP) is 2.54. The van der Waals surface area contributed by atoms with E-state index in [-0.39, 0.29) is 17.2 Å². The number of halogens is 1. The van der Waals surface area contributed by atoms with Gasteiger partial charge in [-0.05, 0) is 56.0 Å². The lowest BCUT2D eigenvalue weighted by atomic mass is 9.92. The smallest absolute Gasteiger partial charge is 0.228 e. The van der Waals surface area contributed by atoms with Crippen LogP contribution in [0.2, 0.25) is 5.02 Å². The van der Waals surface area contributed by atoms with Crippen molar-refractivity contribution in [1.82, 2.24) is 5.32 Å². The molecule has 4 nitrogen and oxygen atoms in total. The van der Waals surface area contributed by atoms with Gasteiger partial charge in [0.1, 0.15) is 0 Å². The van der Waals surface area contributed by atoms with Gasteiger partial charge in [-0.3, -0.25) is 4.79 Å². The average Bonchev–Trinajstić information content (AvgIpc) is 3.15. The van der Waals surface area contributed by atoms with Gasteiger partial charge in [-0.1, -0.05) is 11.6 Å². The number of hydrogen-bond donors (Lipinski definition) is 2. The molecule has 5 heteroatoms. The number of nitriles is 1. The normalized spacial score (nSPS) is 23.1. The molecular weight excluding hydrogens is 274 g/mol. The maximum Gasteiger partial charge on any atom is 0.228 e. The van der Waals surface area contributed by atoms with Crippen molar-refractivity contribution in [1.29, 1.82) is 5.26 Å². The Morgan fingerprint density at radius 2 is 2.20 bits per heavy atom. The van der Waals surface area contributed by atoms with Gasteiger partial charge in [-0.2, -0.15) is 5.26 Å². The summed E-state index contributed by atoms with van der Waals surface area (Å²) in [6.07, 6.45) is 3.13. The van der Waals surface area contributed by atoms with E-state index >= 15 is 0 Å². The molecule has 1 spiro atoms. The Morgan fingerprint density at radius 3 is 2.85 bits per heavy atom. The SMILES string of the molecule is N#Cc1ccc(NC(=O)C2CC23CCNCC3)c(Cl)c1. The second-order valence-corrected chi connectivity index (χ2v) is 6.07. The van der Waals surface area contributed by atoms with E-state index in [1.807, 2.05) is 6.07 Å². The zero-order chi connectivity index (χ0) is 14.2. The quantitative estimate of drug-likeness (QED) is 0.879. The van der Waals surface area contributed by atoms with Gasteiger partial charge in [0.15, 0.2) is 0 Å². The summed E-state index contributed by atoms with van der Waals surface area (Å²) >= 11 is 6.08. The number of carbonyl (C=O) groups is 1. The fraction of sp³-hybridized carbons (Fsp3) is 0.467. The fourth-order valence-corrected chi connectivity index (χ4v) is 3.33. The van der Waals surface area contributed by atoms with E-state index in [9.17, 15) is 4.79 Å². The molecule has 1 heterocycles. The first-order chi connectivity index (χ1) is 9.64.